The Hall–Kier alpha value is -6.37. The Balaban J connectivity index is 1.51. The molecule has 0 saturated heterocycles. The van der Waals surface area contributed by atoms with Crippen LogP contribution in [0.4, 0.5) is 27.5 Å². The standard InChI is InChI=1S/C36H37N5O8/c1-39(27-13-5-4-6-14-27)33(43)23-41(32(42)22-37-36(47)38-26-12-9-11-25(19-26)20-35(45)46)30-17-7-8-18-31(30)49-24-34(44)40(2)28-15-10-16-29(21-28)48-3/h4-19,21H,20,22-24H2,1-3H3,(H,45,46)(H2,37,38,47). The number of amides is 5. The molecule has 3 N–H and O–H groups in total. The number of rotatable bonds is 14. The van der Waals surface area contributed by atoms with Gasteiger partial charge in [-0.3, -0.25) is 24.1 Å². The fourth-order valence-corrected chi connectivity index (χ4v) is 4.71. The molecule has 4 rings (SSSR count). The highest BCUT2D eigenvalue weighted by Crippen LogP contribution is 2.29. The molecule has 0 unspecified atom stereocenters. The predicted molar refractivity (Wildman–Crippen MR) is 185 cm³/mol. The molecule has 0 radical (unpaired) electrons. The number of anilines is 4. The first-order valence-electron chi connectivity index (χ1n) is 15.2. The van der Waals surface area contributed by atoms with Crippen molar-refractivity contribution in [3.63, 3.8) is 0 Å². The third-order valence-corrected chi connectivity index (χ3v) is 7.37. The minimum absolute atomic E-state index is 0.165. The molecule has 49 heavy (non-hydrogen) atoms. The maximum Gasteiger partial charge on any atom is 0.319 e. The number of carboxylic acids is 1. The van der Waals surface area contributed by atoms with Gasteiger partial charge in [0.1, 0.15) is 18.0 Å². The SMILES string of the molecule is COc1cccc(N(C)C(=O)COc2ccccc2N(CC(=O)N(C)c2ccccc2)C(=O)CNC(=O)Nc2cccc(CC(=O)O)c2)c1. The van der Waals surface area contributed by atoms with E-state index in [4.69, 9.17) is 14.6 Å². The van der Waals surface area contributed by atoms with E-state index in [1.54, 1.807) is 105 Å². The molecule has 0 aliphatic rings. The van der Waals surface area contributed by atoms with Gasteiger partial charge < -0.3 is 35.0 Å². The minimum Gasteiger partial charge on any atom is -0.497 e. The number of aliphatic carboxylic acids is 1. The van der Waals surface area contributed by atoms with Crippen LogP contribution in [0.15, 0.2) is 103 Å². The summed E-state index contributed by atoms with van der Waals surface area (Å²) in [5.74, 6) is -1.72. The van der Waals surface area contributed by atoms with Crippen LogP contribution in [0.3, 0.4) is 0 Å². The van der Waals surface area contributed by atoms with Crippen molar-refractivity contribution in [2.24, 2.45) is 0 Å². The van der Waals surface area contributed by atoms with Gasteiger partial charge in [0.25, 0.3) is 5.91 Å². The number of carboxylic acid groups (broad SMARTS) is 1. The zero-order chi connectivity index (χ0) is 35.3. The molecule has 4 aromatic rings. The first-order valence-corrected chi connectivity index (χ1v) is 15.2. The Kier molecular flexibility index (Phi) is 12.3. The monoisotopic (exact) mass is 667 g/mol. The first-order chi connectivity index (χ1) is 23.5. The van der Waals surface area contributed by atoms with E-state index in [9.17, 15) is 24.0 Å². The Bertz CT molecular complexity index is 1800. The molecule has 0 heterocycles. The molecule has 0 bridgehead atoms. The number of carbonyl (C=O) groups excluding carboxylic acids is 4. The lowest BCUT2D eigenvalue weighted by atomic mass is 10.1. The summed E-state index contributed by atoms with van der Waals surface area (Å²) < 4.78 is 11.2. The molecule has 4 aromatic carbocycles. The molecule has 0 aromatic heterocycles. The lowest BCUT2D eigenvalue weighted by Crippen LogP contribution is -2.46. The van der Waals surface area contributed by atoms with Crippen molar-refractivity contribution in [1.29, 1.82) is 0 Å². The van der Waals surface area contributed by atoms with Crippen LogP contribution in [-0.2, 0) is 25.6 Å². The second-order valence-corrected chi connectivity index (χ2v) is 10.8. The largest absolute Gasteiger partial charge is 0.497 e. The van der Waals surface area contributed by atoms with Crippen molar-refractivity contribution in [2.45, 2.75) is 6.42 Å². The normalized spacial score (nSPS) is 10.3. The minimum atomic E-state index is -1.02. The van der Waals surface area contributed by atoms with Gasteiger partial charge in [0, 0.05) is 37.2 Å². The lowest BCUT2D eigenvalue weighted by molar-refractivity contribution is -0.136. The van der Waals surface area contributed by atoms with Crippen LogP contribution in [0, 0.1) is 0 Å². The fourth-order valence-electron chi connectivity index (χ4n) is 4.71. The number of ether oxygens (including phenoxy) is 2. The zero-order valence-electron chi connectivity index (χ0n) is 27.3. The van der Waals surface area contributed by atoms with Crippen molar-refractivity contribution < 1.29 is 38.6 Å². The third-order valence-electron chi connectivity index (χ3n) is 7.37. The average molecular weight is 668 g/mol. The van der Waals surface area contributed by atoms with Gasteiger partial charge in [-0.05, 0) is 54.1 Å². The lowest BCUT2D eigenvalue weighted by Gasteiger charge is -2.27. The van der Waals surface area contributed by atoms with E-state index in [0.717, 1.165) is 0 Å². The van der Waals surface area contributed by atoms with E-state index in [1.807, 2.05) is 6.07 Å². The molecule has 0 saturated carbocycles. The Labute approximate surface area is 283 Å². The molecule has 0 atom stereocenters. The summed E-state index contributed by atoms with van der Waals surface area (Å²) in [5.41, 5.74) is 2.23. The van der Waals surface area contributed by atoms with Gasteiger partial charge >= 0.3 is 12.0 Å². The van der Waals surface area contributed by atoms with Crippen LogP contribution < -0.4 is 34.8 Å². The van der Waals surface area contributed by atoms with E-state index in [-0.39, 0.29) is 30.4 Å². The highest BCUT2D eigenvalue weighted by Gasteiger charge is 2.25. The number of nitrogens with one attached hydrogen (secondary N) is 2. The number of methoxy groups -OCH3 is 1. The van der Waals surface area contributed by atoms with Gasteiger partial charge in [-0.2, -0.15) is 0 Å². The highest BCUT2D eigenvalue weighted by atomic mass is 16.5. The van der Waals surface area contributed by atoms with Crippen LogP contribution in [0.25, 0.3) is 0 Å². The molecule has 254 valence electrons. The van der Waals surface area contributed by atoms with Crippen LogP contribution in [-0.4, -0.2) is 75.7 Å². The van der Waals surface area contributed by atoms with Gasteiger partial charge in [0.2, 0.25) is 11.8 Å². The number of urea groups is 1. The van der Waals surface area contributed by atoms with Gasteiger partial charge in [0.15, 0.2) is 6.61 Å². The second-order valence-electron chi connectivity index (χ2n) is 10.8. The quantitative estimate of drug-likeness (QED) is 0.181. The van der Waals surface area contributed by atoms with E-state index < -0.39 is 36.9 Å². The summed E-state index contributed by atoms with van der Waals surface area (Å²) in [6.45, 7) is -1.30. The van der Waals surface area contributed by atoms with E-state index in [1.165, 1.54) is 27.9 Å². The Morgan fingerprint density at radius 2 is 1.41 bits per heavy atom. The number of hydrogen-bond donors (Lipinski definition) is 3. The van der Waals surface area contributed by atoms with E-state index >= 15 is 0 Å². The van der Waals surface area contributed by atoms with Crippen LogP contribution in [0.2, 0.25) is 0 Å². The summed E-state index contributed by atoms with van der Waals surface area (Å²) in [7, 11) is 4.71. The number of nitrogens with zero attached hydrogens (tertiary/aromatic N) is 3. The smallest absolute Gasteiger partial charge is 0.319 e. The third kappa shape index (κ3) is 10.1. The van der Waals surface area contributed by atoms with Crippen molar-refractivity contribution in [2.75, 3.05) is 60.9 Å². The number of hydrogen-bond acceptors (Lipinski definition) is 7. The number of para-hydroxylation sites is 3. The molecule has 0 fully saturated rings. The van der Waals surface area contributed by atoms with E-state index in [0.29, 0.717) is 28.4 Å². The van der Waals surface area contributed by atoms with Crippen LogP contribution >= 0.6 is 0 Å². The molecule has 0 spiro atoms. The van der Waals surface area contributed by atoms with Crippen molar-refractivity contribution >= 4 is 52.5 Å². The molecular formula is C36H37N5O8. The summed E-state index contributed by atoms with van der Waals surface area (Å²) >= 11 is 0. The van der Waals surface area contributed by atoms with E-state index in [2.05, 4.69) is 10.6 Å². The maximum atomic E-state index is 13.7. The molecule has 0 aliphatic carbocycles. The fraction of sp³-hybridized carbons (Fsp3) is 0.194. The second kappa shape index (κ2) is 17.0. The molecular weight excluding hydrogens is 630 g/mol. The highest BCUT2D eigenvalue weighted by molar-refractivity contribution is 6.06. The van der Waals surface area contributed by atoms with Gasteiger partial charge in [0.05, 0.1) is 25.8 Å². The summed E-state index contributed by atoms with van der Waals surface area (Å²) in [4.78, 5) is 68.1. The maximum absolute atomic E-state index is 13.7. The van der Waals surface area contributed by atoms with Crippen molar-refractivity contribution in [1.82, 2.24) is 5.32 Å². The molecule has 13 nitrogen and oxygen atoms in total. The molecule has 13 heteroatoms. The Morgan fingerprint density at radius 3 is 2.14 bits per heavy atom. The average Bonchev–Trinajstić information content (AvgIpc) is 3.11. The number of benzene rings is 4. The predicted octanol–water partition coefficient (Wildman–Crippen LogP) is 4.18. The van der Waals surface area contributed by atoms with Crippen LogP contribution in [0.5, 0.6) is 11.5 Å². The van der Waals surface area contributed by atoms with Crippen molar-refractivity contribution in [3.8, 4) is 11.5 Å². The van der Waals surface area contributed by atoms with Gasteiger partial charge in [-0.1, -0.05) is 48.5 Å². The van der Waals surface area contributed by atoms with Crippen LogP contribution in [0.1, 0.15) is 5.56 Å². The molecule has 0 aliphatic heterocycles. The number of likely N-dealkylation sites (N-methyl/N-ethyl adjacent to an activating group) is 2. The van der Waals surface area contributed by atoms with Gasteiger partial charge in [-0.15, -0.1) is 0 Å². The van der Waals surface area contributed by atoms with Crippen molar-refractivity contribution in [3.05, 3.63) is 109 Å². The first kappa shape index (κ1) is 35.5. The molecule has 5 amide bonds. The summed E-state index contributed by atoms with van der Waals surface area (Å²) in [6.07, 6.45) is -0.222. The zero-order valence-corrected chi connectivity index (χ0v) is 27.3. The number of carbonyl (C=O) groups is 5. The van der Waals surface area contributed by atoms with Gasteiger partial charge in [-0.25, -0.2) is 4.79 Å². The Morgan fingerprint density at radius 1 is 0.735 bits per heavy atom. The topological polar surface area (TPSA) is 158 Å². The summed E-state index contributed by atoms with van der Waals surface area (Å²) in [6, 6.07) is 27.9. The summed E-state index contributed by atoms with van der Waals surface area (Å²) in [5, 5.41) is 14.1.